The van der Waals surface area contributed by atoms with Crippen LogP contribution in [0, 0.1) is 0 Å². The van der Waals surface area contributed by atoms with Crippen molar-refractivity contribution >= 4 is 16.6 Å². The molecule has 0 saturated heterocycles. The zero-order chi connectivity index (χ0) is 17.8. The van der Waals surface area contributed by atoms with Gasteiger partial charge in [0.15, 0.2) is 0 Å². The molecule has 0 amide bonds. The predicted molar refractivity (Wildman–Crippen MR) is 109 cm³/mol. The average Bonchev–Trinajstić information content (AvgIpc) is 3.01. The molecule has 0 unspecified atom stereocenters. The number of para-hydroxylation sites is 1. The predicted octanol–water partition coefficient (Wildman–Crippen LogP) is 4.74. The minimum absolute atomic E-state index is 0.759. The van der Waals surface area contributed by atoms with E-state index in [2.05, 4.69) is 73.4 Å². The fourth-order valence-corrected chi connectivity index (χ4v) is 3.51. The molecule has 0 aliphatic heterocycles. The number of hydrogen-bond acceptors (Lipinski definition) is 2. The molecule has 0 bridgehead atoms. The summed E-state index contributed by atoms with van der Waals surface area (Å²) in [5, 5.41) is 1.36. The molecule has 3 heteroatoms. The molecule has 132 valence electrons. The lowest BCUT2D eigenvalue weighted by atomic mass is 9.99. The van der Waals surface area contributed by atoms with E-state index in [1.54, 1.807) is 0 Å². The van der Waals surface area contributed by atoms with Crippen molar-refractivity contribution < 1.29 is 0 Å². The summed E-state index contributed by atoms with van der Waals surface area (Å²) in [5.41, 5.74) is 13.5. The van der Waals surface area contributed by atoms with Gasteiger partial charge in [-0.2, -0.15) is 0 Å². The van der Waals surface area contributed by atoms with E-state index in [0.717, 1.165) is 32.2 Å². The van der Waals surface area contributed by atoms with Gasteiger partial charge in [0.05, 0.1) is 0 Å². The highest BCUT2D eigenvalue weighted by Gasteiger charge is 2.14. The highest BCUT2D eigenvalue weighted by molar-refractivity contribution is 5.93. The summed E-state index contributed by atoms with van der Waals surface area (Å²) in [7, 11) is 4.15. The zero-order valence-corrected chi connectivity index (χ0v) is 15.6. The van der Waals surface area contributed by atoms with Crippen LogP contribution in [-0.2, 0) is 12.8 Å². The molecule has 0 radical (unpaired) electrons. The van der Waals surface area contributed by atoms with E-state index in [1.165, 1.54) is 39.0 Å². The van der Waals surface area contributed by atoms with Gasteiger partial charge < -0.3 is 15.6 Å². The smallest absolute Gasteiger partial charge is 0.0497 e. The molecule has 0 atom stereocenters. The molecule has 0 saturated carbocycles. The van der Waals surface area contributed by atoms with Gasteiger partial charge in [-0.25, -0.2) is 0 Å². The third-order valence-corrected chi connectivity index (χ3v) is 4.96. The topological polar surface area (TPSA) is 45.0 Å². The maximum atomic E-state index is 5.71. The number of nitrogens with two attached hydrogens (primary N) is 1. The largest absolute Gasteiger partial charge is 0.378 e. The van der Waals surface area contributed by atoms with Crippen molar-refractivity contribution in [3.05, 3.63) is 53.6 Å². The van der Waals surface area contributed by atoms with Crippen LogP contribution in [0.15, 0.2) is 42.5 Å². The molecule has 25 heavy (non-hydrogen) atoms. The van der Waals surface area contributed by atoms with Crippen molar-refractivity contribution in [2.75, 3.05) is 25.5 Å². The molecule has 0 spiro atoms. The Kier molecular flexibility index (Phi) is 5.44. The maximum Gasteiger partial charge on any atom is 0.0497 e. The number of nitrogens with zero attached hydrogens (tertiary/aromatic N) is 1. The number of rotatable bonds is 7. The Balaban J connectivity index is 2.09. The van der Waals surface area contributed by atoms with Crippen LogP contribution in [-0.4, -0.2) is 25.6 Å². The molecule has 1 heterocycles. The summed E-state index contributed by atoms with van der Waals surface area (Å²) >= 11 is 0. The summed E-state index contributed by atoms with van der Waals surface area (Å²) in [5.74, 6) is 0. The maximum absolute atomic E-state index is 5.71. The molecule has 3 aromatic rings. The van der Waals surface area contributed by atoms with Crippen LogP contribution in [0.4, 0.5) is 5.69 Å². The van der Waals surface area contributed by atoms with Crippen LogP contribution in [0.5, 0.6) is 0 Å². The molecule has 3 nitrogen and oxygen atoms in total. The third kappa shape index (κ3) is 3.57. The van der Waals surface area contributed by atoms with E-state index < -0.39 is 0 Å². The van der Waals surface area contributed by atoms with E-state index in [4.69, 9.17) is 5.73 Å². The molecule has 0 aliphatic rings. The highest BCUT2D eigenvalue weighted by Crippen LogP contribution is 2.34. The monoisotopic (exact) mass is 335 g/mol. The van der Waals surface area contributed by atoms with Crippen LogP contribution in [0.1, 0.15) is 30.9 Å². The number of anilines is 1. The van der Waals surface area contributed by atoms with E-state index in [0.29, 0.717) is 0 Å². The number of hydrogen-bond donors (Lipinski definition) is 2. The SMILES string of the molecule is CCc1cccc2c(CCCCN)c(-c3ccc(N(C)C)cc3)[nH]c12. The lowest BCUT2D eigenvalue weighted by molar-refractivity contribution is 0.748. The van der Waals surface area contributed by atoms with Crippen molar-refractivity contribution in [1.82, 2.24) is 4.98 Å². The van der Waals surface area contributed by atoms with Gasteiger partial charge in [-0.15, -0.1) is 0 Å². The van der Waals surface area contributed by atoms with E-state index in [-0.39, 0.29) is 0 Å². The summed E-state index contributed by atoms with van der Waals surface area (Å²) < 4.78 is 0. The number of fused-ring (bicyclic) bond motifs is 1. The molecule has 0 aliphatic carbocycles. The molecule has 2 aromatic carbocycles. The first-order chi connectivity index (χ1) is 12.2. The Morgan fingerprint density at radius 2 is 1.76 bits per heavy atom. The molecular formula is C22H29N3. The van der Waals surface area contributed by atoms with Gasteiger partial charge in [-0.05, 0) is 61.1 Å². The van der Waals surface area contributed by atoms with Crippen molar-refractivity contribution in [2.45, 2.75) is 32.6 Å². The van der Waals surface area contributed by atoms with Gasteiger partial charge in [0.25, 0.3) is 0 Å². The molecule has 3 N–H and O–H groups in total. The van der Waals surface area contributed by atoms with Gasteiger partial charge in [0.2, 0.25) is 0 Å². The quantitative estimate of drug-likeness (QED) is 0.612. The number of aryl methyl sites for hydroxylation is 2. The Morgan fingerprint density at radius 3 is 2.40 bits per heavy atom. The Hall–Kier alpha value is -2.26. The van der Waals surface area contributed by atoms with Crippen molar-refractivity contribution in [1.29, 1.82) is 0 Å². The number of aromatic nitrogens is 1. The second-order valence-electron chi connectivity index (χ2n) is 6.86. The number of nitrogens with one attached hydrogen (secondary N) is 1. The van der Waals surface area contributed by atoms with Crippen LogP contribution in [0.25, 0.3) is 22.2 Å². The summed E-state index contributed by atoms with van der Waals surface area (Å²) in [6, 6.07) is 15.5. The second kappa shape index (κ2) is 7.75. The fourth-order valence-electron chi connectivity index (χ4n) is 3.51. The zero-order valence-electron chi connectivity index (χ0n) is 15.6. The van der Waals surface area contributed by atoms with E-state index >= 15 is 0 Å². The molecule has 1 aromatic heterocycles. The van der Waals surface area contributed by atoms with E-state index in [1.807, 2.05) is 0 Å². The van der Waals surface area contributed by atoms with Gasteiger partial charge in [0, 0.05) is 36.4 Å². The normalized spacial score (nSPS) is 11.2. The highest BCUT2D eigenvalue weighted by atomic mass is 15.1. The van der Waals surface area contributed by atoms with E-state index in [9.17, 15) is 0 Å². The number of H-pyrrole nitrogens is 1. The van der Waals surface area contributed by atoms with Gasteiger partial charge in [0.1, 0.15) is 0 Å². The molecule has 0 fully saturated rings. The van der Waals surface area contributed by atoms with Crippen molar-refractivity contribution in [3.8, 4) is 11.3 Å². The summed E-state index contributed by atoms with van der Waals surface area (Å²) in [4.78, 5) is 5.86. The first kappa shape index (κ1) is 17.6. The van der Waals surface area contributed by atoms with Crippen LogP contribution in [0.2, 0.25) is 0 Å². The Bertz CT molecular complexity index is 828. The Morgan fingerprint density at radius 1 is 1.00 bits per heavy atom. The van der Waals surface area contributed by atoms with Gasteiger partial charge in [-0.1, -0.05) is 37.3 Å². The van der Waals surface area contributed by atoms with Crippen LogP contribution >= 0.6 is 0 Å². The average molecular weight is 335 g/mol. The van der Waals surface area contributed by atoms with Crippen molar-refractivity contribution in [3.63, 3.8) is 0 Å². The number of aromatic amines is 1. The van der Waals surface area contributed by atoms with Crippen LogP contribution < -0.4 is 10.6 Å². The minimum atomic E-state index is 0.759. The minimum Gasteiger partial charge on any atom is -0.378 e. The van der Waals surface area contributed by atoms with Crippen molar-refractivity contribution in [2.24, 2.45) is 5.73 Å². The number of benzene rings is 2. The fraction of sp³-hybridized carbons (Fsp3) is 0.364. The lowest BCUT2D eigenvalue weighted by Crippen LogP contribution is -2.07. The lowest BCUT2D eigenvalue weighted by Gasteiger charge is -2.13. The number of unbranched alkanes of at least 4 members (excludes halogenated alkanes) is 1. The molecular weight excluding hydrogens is 306 g/mol. The third-order valence-electron chi connectivity index (χ3n) is 4.96. The standard InChI is InChI=1S/C22H29N3/c1-4-16-8-7-10-20-19(9-5-6-15-23)22(24-21(16)20)17-11-13-18(14-12-17)25(2)3/h7-8,10-14,24H,4-6,9,15,23H2,1-3H3. The Labute approximate surface area is 150 Å². The summed E-state index contributed by atoms with van der Waals surface area (Å²) in [6.45, 7) is 2.98. The van der Waals surface area contributed by atoms with Crippen LogP contribution in [0.3, 0.4) is 0 Å². The second-order valence-corrected chi connectivity index (χ2v) is 6.86. The summed E-state index contributed by atoms with van der Waals surface area (Å²) in [6.07, 6.45) is 4.30. The van der Waals surface area contributed by atoms with Gasteiger partial charge in [-0.3, -0.25) is 0 Å². The molecule has 3 rings (SSSR count). The van der Waals surface area contributed by atoms with Gasteiger partial charge >= 0.3 is 0 Å². The first-order valence-electron chi connectivity index (χ1n) is 9.26. The first-order valence-corrected chi connectivity index (χ1v) is 9.26.